The molecule has 0 spiro atoms. The molecule has 1 unspecified atom stereocenters. The Morgan fingerprint density at radius 1 is 1.33 bits per heavy atom. The lowest BCUT2D eigenvalue weighted by atomic mass is 9.72. The van der Waals surface area contributed by atoms with Crippen LogP contribution in [0, 0.1) is 11.3 Å². The zero-order valence-corrected chi connectivity index (χ0v) is 19.4. The summed E-state index contributed by atoms with van der Waals surface area (Å²) in [6, 6.07) is 4.83. The average Bonchev–Trinajstić information content (AvgIpc) is 3.04. The van der Waals surface area contributed by atoms with Gasteiger partial charge in [0.25, 0.3) is 5.56 Å². The molecule has 1 atom stereocenters. The van der Waals surface area contributed by atoms with Crippen LogP contribution < -0.4 is 10.9 Å². The number of hydrogen-bond donors (Lipinski definition) is 1. The zero-order chi connectivity index (χ0) is 21.6. The maximum atomic E-state index is 13.2. The smallest absolute Gasteiger partial charge is 0.262 e. The summed E-state index contributed by atoms with van der Waals surface area (Å²) >= 11 is 13.7. The van der Waals surface area contributed by atoms with Gasteiger partial charge in [-0.2, -0.15) is 0 Å². The number of hydrogen-bond acceptors (Lipinski definition) is 4. The number of halogens is 2. The van der Waals surface area contributed by atoms with Crippen LogP contribution in [0.5, 0.6) is 0 Å². The first kappa shape index (κ1) is 21.3. The summed E-state index contributed by atoms with van der Waals surface area (Å²) in [6.07, 6.45) is 4.37. The Morgan fingerprint density at radius 3 is 2.83 bits per heavy atom. The maximum absolute atomic E-state index is 13.2. The van der Waals surface area contributed by atoms with Gasteiger partial charge in [0.15, 0.2) is 0 Å². The van der Waals surface area contributed by atoms with Crippen LogP contribution in [0.2, 0.25) is 10.0 Å². The van der Waals surface area contributed by atoms with Gasteiger partial charge in [0.1, 0.15) is 11.4 Å². The second kappa shape index (κ2) is 7.98. The highest BCUT2D eigenvalue weighted by Crippen LogP contribution is 2.41. The third-order valence-electron chi connectivity index (χ3n) is 5.78. The van der Waals surface area contributed by atoms with Crippen molar-refractivity contribution < 1.29 is 4.79 Å². The Kier molecular flexibility index (Phi) is 5.68. The third-order valence-corrected chi connectivity index (χ3v) is 7.50. The summed E-state index contributed by atoms with van der Waals surface area (Å²) in [5, 5.41) is 4.23. The van der Waals surface area contributed by atoms with Gasteiger partial charge in [-0.05, 0) is 54.4 Å². The monoisotopic (exact) mass is 463 g/mol. The molecular weight excluding hydrogens is 441 g/mol. The number of nitrogens with zero attached hydrogens (tertiary/aromatic N) is 2. The molecule has 0 saturated heterocycles. The van der Waals surface area contributed by atoms with E-state index in [1.807, 2.05) is 0 Å². The first-order valence-corrected chi connectivity index (χ1v) is 11.5. The SMILES string of the molecule is CC(C)(C)C1CCc2c(sc3ncn(CC(=O)Nc4cc(Cl)ccc4Cl)c(=O)c23)C1. The molecule has 2 aromatic heterocycles. The van der Waals surface area contributed by atoms with Gasteiger partial charge >= 0.3 is 0 Å². The summed E-state index contributed by atoms with van der Waals surface area (Å²) in [7, 11) is 0. The van der Waals surface area contributed by atoms with Gasteiger partial charge in [-0.3, -0.25) is 14.2 Å². The van der Waals surface area contributed by atoms with Crippen LogP contribution in [0.1, 0.15) is 37.6 Å². The third kappa shape index (κ3) is 4.13. The zero-order valence-electron chi connectivity index (χ0n) is 17.1. The van der Waals surface area contributed by atoms with Crippen LogP contribution in [-0.4, -0.2) is 15.5 Å². The van der Waals surface area contributed by atoms with Crippen molar-refractivity contribution in [1.82, 2.24) is 9.55 Å². The van der Waals surface area contributed by atoms with Crippen molar-refractivity contribution in [2.45, 2.75) is 46.6 Å². The molecule has 1 N–H and O–H groups in total. The molecule has 0 bridgehead atoms. The lowest BCUT2D eigenvalue weighted by Crippen LogP contribution is -2.29. The topological polar surface area (TPSA) is 64.0 Å². The predicted molar refractivity (Wildman–Crippen MR) is 124 cm³/mol. The number of anilines is 1. The Balaban J connectivity index is 1.61. The number of nitrogens with one attached hydrogen (secondary N) is 1. The van der Waals surface area contributed by atoms with Crippen LogP contribution in [0.3, 0.4) is 0 Å². The Hall–Kier alpha value is -1.89. The molecule has 0 radical (unpaired) electrons. The first-order valence-electron chi connectivity index (χ1n) is 9.88. The maximum Gasteiger partial charge on any atom is 0.262 e. The number of carbonyl (C=O) groups excluding carboxylic acids is 1. The molecular formula is C22H23Cl2N3O2S. The summed E-state index contributed by atoms with van der Waals surface area (Å²) < 4.78 is 1.36. The molecule has 4 rings (SSSR count). The number of rotatable bonds is 3. The quantitative estimate of drug-likeness (QED) is 0.553. The lowest BCUT2D eigenvalue weighted by molar-refractivity contribution is -0.116. The van der Waals surface area contributed by atoms with E-state index in [-0.39, 0.29) is 23.4 Å². The van der Waals surface area contributed by atoms with Gasteiger partial charge in [0.2, 0.25) is 5.91 Å². The number of amides is 1. The highest BCUT2D eigenvalue weighted by Gasteiger charge is 2.31. The van der Waals surface area contributed by atoms with E-state index in [1.165, 1.54) is 15.8 Å². The van der Waals surface area contributed by atoms with Crippen molar-refractivity contribution in [2.24, 2.45) is 11.3 Å². The number of fused-ring (bicyclic) bond motifs is 3. The van der Waals surface area contributed by atoms with Crippen molar-refractivity contribution in [3.05, 3.63) is 55.4 Å². The summed E-state index contributed by atoms with van der Waals surface area (Å²) in [5.74, 6) is 0.229. The van der Waals surface area contributed by atoms with E-state index >= 15 is 0 Å². The van der Waals surface area contributed by atoms with Gasteiger partial charge in [-0.1, -0.05) is 44.0 Å². The molecule has 30 heavy (non-hydrogen) atoms. The van der Waals surface area contributed by atoms with Crippen molar-refractivity contribution in [1.29, 1.82) is 0 Å². The summed E-state index contributed by atoms with van der Waals surface area (Å²) in [6.45, 7) is 6.67. The van der Waals surface area contributed by atoms with Gasteiger partial charge in [0.05, 0.1) is 22.4 Å². The molecule has 5 nitrogen and oxygen atoms in total. The van der Waals surface area contributed by atoms with Crippen molar-refractivity contribution in [3.8, 4) is 0 Å². The van der Waals surface area contributed by atoms with Crippen LogP contribution in [-0.2, 0) is 24.2 Å². The van der Waals surface area contributed by atoms with Crippen molar-refractivity contribution in [3.63, 3.8) is 0 Å². The number of benzene rings is 1. The average molecular weight is 464 g/mol. The van der Waals surface area contributed by atoms with Crippen LogP contribution in [0.15, 0.2) is 29.3 Å². The van der Waals surface area contributed by atoms with Crippen LogP contribution >= 0.6 is 34.5 Å². The molecule has 1 aliphatic rings. The number of carbonyl (C=O) groups is 1. The van der Waals surface area contributed by atoms with E-state index in [9.17, 15) is 9.59 Å². The van der Waals surface area contributed by atoms with Crippen molar-refractivity contribution >= 4 is 56.3 Å². The number of aryl methyl sites for hydroxylation is 1. The molecule has 8 heteroatoms. The molecule has 0 saturated carbocycles. The van der Waals surface area contributed by atoms with Crippen LogP contribution in [0.4, 0.5) is 5.69 Å². The molecule has 1 aromatic carbocycles. The Bertz CT molecular complexity index is 1190. The van der Waals surface area contributed by atoms with E-state index in [4.69, 9.17) is 23.2 Å². The highest BCUT2D eigenvalue weighted by atomic mass is 35.5. The number of thiophene rings is 1. The minimum absolute atomic E-state index is 0.139. The molecule has 158 valence electrons. The molecule has 1 aliphatic carbocycles. The molecule has 2 heterocycles. The summed E-state index contributed by atoms with van der Waals surface area (Å²) in [5.41, 5.74) is 1.60. The highest BCUT2D eigenvalue weighted by molar-refractivity contribution is 7.18. The minimum Gasteiger partial charge on any atom is -0.323 e. The standard InChI is InChI=1S/C22H23Cl2N3O2S/c1-22(2,3)12-4-6-14-17(8-12)30-20-19(14)21(29)27(11-25-20)10-18(28)26-16-9-13(23)5-7-15(16)24/h5,7,9,11-12H,4,6,8,10H2,1-3H3,(H,26,28). The predicted octanol–water partition coefficient (Wildman–Crippen LogP) is 5.55. The molecule has 0 aliphatic heterocycles. The summed E-state index contributed by atoms with van der Waals surface area (Å²) in [4.78, 5) is 32.2. The van der Waals surface area contributed by atoms with E-state index < -0.39 is 0 Å². The van der Waals surface area contributed by atoms with Gasteiger partial charge in [0, 0.05) is 9.90 Å². The van der Waals surface area contributed by atoms with Gasteiger partial charge < -0.3 is 5.32 Å². The fourth-order valence-electron chi connectivity index (χ4n) is 3.99. The largest absolute Gasteiger partial charge is 0.323 e. The second-order valence-corrected chi connectivity index (χ2v) is 10.8. The van der Waals surface area contributed by atoms with E-state index in [0.717, 1.165) is 29.7 Å². The number of aromatic nitrogens is 2. The van der Waals surface area contributed by atoms with E-state index in [0.29, 0.717) is 27.0 Å². The normalized spacial score (nSPS) is 16.5. The molecule has 1 amide bonds. The Morgan fingerprint density at radius 2 is 2.10 bits per heavy atom. The van der Waals surface area contributed by atoms with Crippen LogP contribution in [0.25, 0.3) is 10.2 Å². The fourth-order valence-corrected chi connectivity index (χ4v) is 5.59. The Labute approximate surface area is 189 Å². The van der Waals surface area contributed by atoms with Gasteiger partial charge in [-0.15, -0.1) is 11.3 Å². The first-order chi connectivity index (χ1) is 14.1. The molecule has 0 fully saturated rings. The van der Waals surface area contributed by atoms with E-state index in [2.05, 4.69) is 31.1 Å². The minimum atomic E-state index is -0.362. The lowest BCUT2D eigenvalue weighted by Gasteiger charge is -2.33. The van der Waals surface area contributed by atoms with Gasteiger partial charge in [-0.25, -0.2) is 4.98 Å². The van der Waals surface area contributed by atoms with E-state index in [1.54, 1.807) is 29.5 Å². The molecule has 3 aromatic rings. The van der Waals surface area contributed by atoms with Crippen molar-refractivity contribution in [2.75, 3.05) is 5.32 Å². The second-order valence-electron chi connectivity index (χ2n) is 8.84. The fraction of sp³-hybridized carbons (Fsp3) is 0.409.